The lowest BCUT2D eigenvalue weighted by molar-refractivity contribution is -0.387. The summed E-state index contributed by atoms with van der Waals surface area (Å²) in [6.45, 7) is 4.67. The number of nitro groups is 1. The molecule has 2 rings (SSSR count). The molecule has 2 aromatic carbocycles. The fraction of sp³-hybridized carbons (Fsp3) is 0.294. The average molecular weight is 348 g/mol. The lowest BCUT2D eigenvalue weighted by atomic mass is 10.00. The van der Waals surface area contributed by atoms with E-state index < -0.39 is 20.4 Å². The SMILES string of the molecule is Cc1ccc(C(C)CNc2ccc([N+](=O)[O-])c(S(C)(=O)=O)c2)cc1. The zero-order valence-electron chi connectivity index (χ0n) is 13.8. The number of rotatable bonds is 6. The van der Waals surface area contributed by atoms with Gasteiger partial charge in [-0.3, -0.25) is 10.1 Å². The molecule has 0 saturated heterocycles. The highest BCUT2D eigenvalue weighted by atomic mass is 32.2. The van der Waals surface area contributed by atoms with E-state index in [1.807, 2.05) is 19.1 Å². The minimum atomic E-state index is -3.68. The maximum Gasteiger partial charge on any atom is 0.288 e. The van der Waals surface area contributed by atoms with Crippen molar-refractivity contribution in [2.75, 3.05) is 18.1 Å². The first-order chi connectivity index (χ1) is 11.2. The number of sulfone groups is 1. The van der Waals surface area contributed by atoms with Crippen LogP contribution in [0.5, 0.6) is 0 Å². The summed E-state index contributed by atoms with van der Waals surface area (Å²) in [7, 11) is -3.68. The van der Waals surface area contributed by atoms with Crippen LogP contribution in [0, 0.1) is 17.0 Å². The van der Waals surface area contributed by atoms with E-state index in [4.69, 9.17) is 0 Å². The molecule has 0 fully saturated rings. The first kappa shape index (κ1) is 17.9. The van der Waals surface area contributed by atoms with Gasteiger partial charge in [-0.2, -0.15) is 0 Å². The van der Waals surface area contributed by atoms with Crippen molar-refractivity contribution in [1.29, 1.82) is 0 Å². The van der Waals surface area contributed by atoms with E-state index in [1.165, 1.54) is 29.3 Å². The lowest BCUT2D eigenvalue weighted by Gasteiger charge is -2.15. The molecule has 0 bridgehead atoms. The van der Waals surface area contributed by atoms with Crippen LogP contribution in [0.25, 0.3) is 0 Å². The van der Waals surface area contributed by atoms with Crippen LogP contribution in [0.4, 0.5) is 11.4 Å². The summed E-state index contributed by atoms with van der Waals surface area (Å²) in [5.41, 5.74) is 2.49. The van der Waals surface area contributed by atoms with E-state index >= 15 is 0 Å². The Morgan fingerprint density at radius 1 is 1.17 bits per heavy atom. The summed E-state index contributed by atoms with van der Waals surface area (Å²) >= 11 is 0. The Kier molecular flexibility index (Phi) is 5.23. The molecular formula is C17H20N2O4S. The molecule has 1 N–H and O–H groups in total. The number of hydrogen-bond acceptors (Lipinski definition) is 5. The molecule has 2 aromatic rings. The summed E-state index contributed by atoms with van der Waals surface area (Å²) in [5, 5.41) is 14.1. The van der Waals surface area contributed by atoms with Gasteiger partial charge in [-0.1, -0.05) is 36.8 Å². The van der Waals surface area contributed by atoms with Gasteiger partial charge in [0.05, 0.1) is 4.92 Å². The second-order valence-electron chi connectivity index (χ2n) is 5.90. The topological polar surface area (TPSA) is 89.3 Å². The molecule has 0 radical (unpaired) electrons. The van der Waals surface area contributed by atoms with Gasteiger partial charge in [-0.05, 0) is 30.5 Å². The maximum absolute atomic E-state index is 11.8. The van der Waals surface area contributed by atoms with Crippen molar-refractivity contribution < 1.29 is 13.3 Å². The van der Waals surface area contributed by atoms with Crippen LogP contribution >= 0.6 is 0 Å². The van der Waals surface area contributed by atoms with E-state index in [-0.39, 0.29) is 10.8 Å². The zero-order chi connectivity index (χ0) is 17.9. The van der Waals surface area contributed by atoms with Crippen LogP contribution in [0.2, 0.25) is 0 Å². The third-order valence-corrected chi connectivity index (χ3v) is 4.94. The van der Waals surface area contributed by atoms with Crippen molar-refractivity contribution in [3.05, 3.63) is 63.7 Å². The summed E-state index contributed by atoms with van der Waals surface area (Å²) in [4.78, 5) is 10.0. The van der Waals surface area contributed by atoms with Gasteiger partial charge in [-0.15, -0.1) is 0 Å². The van der Waals surface area contributed by atoms with Gasteiger partial charge in [-0.25, -0.2) is 8.42 Å². The fourth-order valence-corrected chi connectivity index (χ4v) is 3.22. The first-order valence-electron chi connectivity index (χ1n) is 7.47. The molecule has 24 heavy (non-hydrogen) atoms. The average Bonchev–Trinajstić information content (AvgIpc) is 2.52. The van der Waals surface area contributed by atoms with E-state index in [1.54, 1.807) is 0 Å². The van der Waals surface area contributed by atoms with Crippen molar-refractivity contribution in [1.82, 2.24) is 0 Å². The largest absolute Gasteiger partial charge is 0.384 e. The highest BCUT2D eigenvalue weighted by Crippen LogP contribution is 2.27. The standard InChI is InChI=1S/C17H20N2O4S/c1-12-4-6-14(7-5-12)13(2)11-18-15-8-9-16(19(20)21)17(10-15)24(3,22)23/h4-10,13,18H,11H2,1-3H3. The fourth-order valence-electron chi connectivity index (χ4n) is 2.36. The molecule has 128 valence electrons. The van der Waals surface area contributed by atoms with Crippen LogP contribution < -0.4 is 5.32 Å². The monoisotopic (exact) mass is 348 g/mol. The molecule has 0 spiro atoms. The number of benzene rings is 2. The Bertz CT molecular complexity index is 845. The molecule has 0 heterocycles. The molecule has 6 nitrogen and oxygen atoms in total. The predicted molar refractivity (Wildman–Crippen MR) is 94.3 cm³/mol. The van der Waals surface area contributed by atoms with E-state index in [9.17, 15) is 18.5 Å². The van der Waals surface area contributed by atoms with Crippen LogP contribution in [-0.2, 0) is 9.84 Å². The maximum atomic E-state index is 11.8. The number of anilines is 1. The smallest absolute Gasteiger partial charge is 0.288 e. The number of nitrogens with zero attached hydrogens (tertiary/aromatic N) is 1. The Labute approximate surface area is 141 Å². The molecule has 0 aliphatic rings. The molecule has 7 heteroatoms. The van der Waals surface area contributed by atoms with Crippen molar-refractivity contribution in [2.24, 2.45) is 0 Å². The number of hydrogen-bond donors (Lipinski definition) is 1. The van der Waals surface area contributed by atoms with Gasteiger partial charge in [0.1, 0.15) is 4.90 Å². The first-order valence-corrected chi connectivity index (χ1v) is 9.36. The third-order valence-electron chi connectivity index (χ3n) is 3.81. The molecule has 0 aromatic heterocycles. The van der Waals surface area contributed by atoms with Gasteiger partial charge in [0.15, 0.2) is 9.84 Å². The van der Waals surface area contributed by atoms with Gasteiger partial charge < -0.3 is 5.32 Å². The third kappa shape index (κ3) is 4.32. The quantitative estimate of drug-likeness (QED) is 0.637. The van der Waals surface area contributed by atoms with Gasteiger partial charge in [0.2, 0.25) is 0 Å². The van der Waals surface area contributed by atoms with Crippen molar-refractivity contribution in [3.63, 3.8) is 0 Å². The van der Waals surface area contributed by atoms with Gasteiger partial charge in [0.25, 0.3) is 5.69 Å². The molecule has 1 atom stereocenters. The summed E-state index contributed by atoms with van der Waals surface area (Å²) in [6.07, 6.45) is 0.966. The number of aryl methyl sites for hydroxylation is 1. The second kappa shape index (κ2) is 7.00. The number of nitrogens with one attached hydrogen (secondary N) is 1. The second-order valence-corrected chi connectivity index (χ2v) is 7.89. The van der Waals surface area contributed by atoms with Crippen LogP contribution in [0.1, 0.15) is 24.0 Å². The Hall–Kier alpha value is -2.41. The van der Waals surface area contributed by atoms with Crippen LogP contribution in [-0.4, -0.2) is 26.1 Å². The molecular weight excluding hydrogens is 328 g/mol. The molecule has 0 saturated carbocycles. The van der Waals surface area contributed by atoms with Crippen LogP contribution in [0.15, 0.2) is 47.4 Å². The van der Waals surface area contributed by atoms with E-state index in [0.29, 0.717) is 12.2 Å². The van der Waals surface area contributed by atoms with Gasteiger partial charge in [0, 0.05) is 24.6 Å². The Balaban J connectivity index is 2.18. The summed E-state index contributed by atoms with van der Waals surface area (Å²) < 4.78 is 23.5. The zero-order valence-corrected chi connectivity index (χ0v) is 14.6. The van der Waals surface area contributed by atoms with Crippen LogP contribution in [0.3, 0.4) is 0 Å². The highest BCUT2D eigenvalue weighted by Gasteiger charge is 2.22. The lowest BCUT2D eigenvalue weighted by Crippen LogP contribution is -2.11. The minimum Gasteiger partial charge on any atom is -0.384 e. The summed E-state index contributed by atoms with van der Waals surface area (Å²) in [5.74, 6) is 0.211. The number of nitro benzene ring substituents is 1. The predicted octanol–water partition coefficient (Wildman–Crippen LogP) is 3.52. The summed E-state index contributed by atoms with van der Waals surface area (Å²) in [6, 6.07) is 12.2. The van der Waals surface area contributed by atoms with Crippen molar-refractivity contribution in [3.8, 4) is 0 Å². The normalized spacial score (nSPS) is 12.6. The Morgan fingerprint density at radius 2 is 1.79 bits per heavy atom. The van der Waals surface area contributed by atoms with E-state index in [2.05, 4.69) is 24.4 Å². The Morgan fingerprint density at radius 3 is 2.33 bits per heavy atom. The molecule has 0 aliphatic heterocycles. The minimum absolute atomic E-state index is 0.211. The van der Waals surface area contributed by atoms with Crippen molar-refractivity contribution >= 4 is 21.2 Å². The van der Waals surface area contributed by atoms with Gasteiger partial charge >= 0.3 is 0 Å². The molecule has 0 aliphatic carbocycles. The van der Waals surface area contributed by atoms with Crippen molar-refractivity contribution in [2.45, 2.75) is 24.7 Å². The van der Waals surface area contributed by atoms with E-state index in [0.717, 1.165) is 6.26 Å². The highest BCUT2D eigenvalue weighted by molar-refractivity contribution is 7.90. The molecule has 0 amide bonds. The molecule has 1 unspecified atom stereocenters.